The number of esters is 1. The first-order chi connectivity index (χ1) is 19.7. The van der Waals surface area contributed by atoms with Crippen LogP contribution in [0.25, 0.3) is 21.9 Å². The Morgan fingerprint density at radius 3 is 2.49 bits per heavy atom. The van der Waals surface area contributed by atoms with E-state index in [1.54, 1.807) is 31.3 Å². The van der Waals surface area contributed by atoms with Gasteiger partial charge in [-0.3, -0.25) is 0 Å². The predicted molar refractivity (Wildman–Crippen MR) is 157 cm³/mol. The summed E-state index contributed by atoms with van der Waals surface area (Å²) in [6.45, 7) is 3.60. The Labute approximate surface area is 237 Å². The summed E-state index contributed by atoms with van der Waals surface area (Å²) in [7, 11) is -4.05. The average molecular weight is 571 g/mol. The van der Waals surface area contributed by atoms with Gasteiger partial charge in [-0.05, 0) is 81.0 Å². The molecule has 0 saturated carbocycles. The maximum atomic E-state index is 13.7. The van der Waals surface area contributed by atoms with Crippen molar-refractivity contribution in [3.63, 3.8) is 0 Å². The first-order valence-corrected chi connectivity index (χ1v) is 15.1. The third kappa shape index (κ3) is 5.18. The van der Waals surface area contributed by atoms with Crippen molar-refractivity contribution in [2.45, 2.75) is 56.9 Å². The number of carbonyl (C=O) groups is 1. The molecule has 0 unspecified atom stereocenters. The number of aryl methyl sites for hydroxylation is 3. The quantitative estimate of drug-likeness (QED) is 0.156. The fraction of sp³-hybridized carbons (Fsp3) is 0.250. The fourth-order valence-corrected chi connectivity index (χ4v) is 6.77. The molecule has 1 atom stereocenters. The van der Waals surface area contributed by atoms with Crippen molar-refractivity contribution in [3.8, 4) is 5.75 Å². The van der Waals surface area contributed by atoms with Crippen LogP contribution in [-0.4, -0.2) is 25.4 Å². The van der Waals surface area contributed by atoms with Gasteiger partial charge >= 0.3 is 11.6 Å². The molecule has 9 heteroatoms. The first kappa shape index (κ1) is 27.0. The van der Waals surface area contributed by atoms with Gasteiger partial charge in [0.1, 0.15) is 17.4 Å². The van der Waals surface area contributed by atoms with Gasteiger partial charge in [0.25, 0.3) is 0 Å². The molecule has 2 N–H and O–H groups in total. The Morgan fingerprint density at radius 2 is 1.71 bits per heavy atom. The van der Waals surface area contributed by atoms with Crippen LogP contribution in [-0.2, 0) is 34.1 Å². The van der Waals surface area contributed by atoms with E-state index in [1.807, 2.05) is 37.3 Å². The molecule has 0 spiro atoms. The average Bonchev–Trinajstić information content (AvgIpc) is 3.37. The van der Waals surface area contributed by atoms with Gasteiger partial charge < -0.3 is 14.1 Å². The zero-order chi connectivity index (χ0) is 28.7. The molecule has 2 heterocycles. The first-order valence-electron chi connectivity index (χ1n) is 13.6. The van der Waals surface area contributed by atoms with Crippen LogP contribution in [0.1, 0.15) is 40.7 Å². The predicted octanol–water partition coefficient (Wildman–Crippen LogP) is 5.27. The second-order valence-electron chi connectivity index (χ2n) is 10.6. The molecule has 0 amide bonds. The monoisotopic (exact) mass is 570 g/mol. The van der Waals surface area contributed by atoms with Crippen LogP contribution >= 0.6 is 0 Å². The van der Waals surface area contributed by atoms with Crippen LogP contribution in [0.2, 0.25) is 0 Å². The van der Waals surface area contributed by atoms with Crippen molar-refractivity contribution in [1.29, 1.82) is 0 Å². The zero-order valence-electron chi connectivity index (χ0n) is 22.8. The molecule has 6 rings (SSSR count). The lowest BCUT2D eigenvalue weighted by Gasteiger charge is -2.20. The molecule has 0 radical (unpaired) electrons. The number of aromatic nitrogens is 1. The highest BCUT2D eigenvalue weighted by Gasteiger charge is 2.30. The molecule has 41 heavy (non-hydrogen) atoms. The van der Waals surface area contributed by atoms with Crippen LogP contribution in [0, 0.1) is 13.8 Å². The summed E-state index contributed by atoms with van der Waals surface area (Å²) < 4.78 is 40.8. The molecule has 210 valence electrons. The minimum absolute atomic E-state index is 0.0493. The lowest BCUT2D eigenvalue weighted by molar-refractivity contribution is -0.136. The number of H-pyrrole nitrogens is 1. The molecule has 5 aromatic rings. The molecule has 0 saturated heterocycles. The van der Waals surface area contributed by atoms with Crippen LogP contribution in [0.15, 0.2) is 81.0 Å². The molecule has 0 bridgehead atoms. The Morgan fingerprint density at radius 1 is 0.976 bits per heavy atom. The molecule has 2 aromatic heterocycles. The third-order valence-electron chi connectivity index (χ3n) is 7.81. The second kappa shape index (κ2) is 10.6. The smallest absolute Gasteiger partial charge is 0.339 e. The number of hydrogen-bond acceptors (Lipinski definition) is 6. The molecule has 1 aliphatic carbocycles. The van der Waals surface area contributed by atoms with E-state index in [4.69, 9.17) is 9.15 Å². The third-order valence-corrected chi connectivity index (χ3v) is 9.30. The summed E-state index contributed by atoms with van der Waals surface area (Å²) >= 11 is 0. The molecule has 0 aliphatic heterocycles. The number of nitrogens with one attached hydrogen (secondary N) is 2. The maximum Gasteiger partial charge on any atom is 0.339 e. The van der Waals surface area contributed by atoms with E-state index in [-0.39, 0.29) is 22.7 Å². The number of fused-ring (bicyclic) bond motifs is 4. The highest BCUT2D eigenvalue weighted by atomic mass is 32.2. The van der Waals surface area contributed by atoms with Crippen LogP contribution in [0.5, 0.6) is 5.75 Å². The second-order valence-corrected chi connectivity index (χ2v) is 12.3. The summed E-state index contributed by atoms with van der Waals surface area (Å²) in [5.74, 6) is -0.561. The van der Waals surface area contributed by atoms with E-state index >= 15 is 0 Å². The number of carbonyl (C=O) groups excluding carboxylic acids is 1. The van der Waals surface area contributed by atoms with Gasteiger partial charge in [0.05, 0.1) is 4.90 Å². The Hall–Kier alpha value is -4.21. The summed E-state index contributed by atoms with van der Waals surface area (Å²) in [6.07, 6.45) is 5.27. The standard InChI is InChI=1S/C32H30N2O6S/c1-19-11-13-22(14-12-19)41(37,38)34-28(17-21-18-33-27-10-6-5-7-23(21)27)32(36)39-29-16-15-25-24-8-3-4-9-26(24)31(35)40-30(25)20(29)2/h5-7,10-16,18,28,33-34H,3-4,8-9,17H2,1-2H3/t28-/m0/s1. The summed E-state index contributed by atoms with van der Waals surface area (Å²) in [5, 5.41) is 1.72. The summed E-state index contributed by atoms with van der Waals surface area (Å²) in [6, 6.07) is 16.3. The van der Waals surface area contributed by atoms with Crippen LogP contribution < -0.4 is 15.1 Å². The van der Waals surface area contributed by atoms with Gasteiger partial charge in [-0.2, -0.15) is 4.72 Å². The zero-order valence-corrected chi connectivity index (χ0v) is 23.6. The molecular weight excluding hydrogens is 540 g/mol. The van der Waals surface area contributed by atoms with E-state index in [0.29, 0.717) is 17.6 Å². The van der Waals surface area contributed by atoms with Gasteiger partial charge in [-0.1, -0.05) is 35.9 Å². The van der Waals surface area contributed by atoms with Gasteiger partial charge in [0.15, 0.2) is 0 Å². The largest absolute Gasteiger partial charge is 0.425 e. The molecule has 1 aliphatic rings. The molecule has 8 nitrogen and oxygen atoms in total. The van der Waals surface area contributed by atoms with Gasteiger partial charge in [0.2, 0.25) is 10.0 Å². The number of sulfonamides is 1. The van der Waals surface area contributed by atoms with Crippen molar-refractivity contribution in [2.24, 2.45) is 0 Å². The van der Waals surface area contributed by atoms with Crippen molar-refractivity contribution in [3.05, 3.63) is 105 Å². The van der Waals surface area contributed by atoms with Gasteiger partial charge in [0, 0.05) is 40.0 Å². The molecular formula is C32H30N2O6S. The van der Waals surface area contributed by atoms with Crippen LogP contribution in [0.4, 0.5) is 0 Å². The minimum Gasteiger partial charge on any atom is -0.425 e. The van der Waals surface area contributed by atoms with E-state index in [2.05, 4.69) is 9.71 Å². The fourth-order valence-electron chi connectivity index (χ4n) is 5.58. The Balaban J connectivity index is 1.35. The van der Waals surface area contributed by atoms with Crippen molar-refractivity contribution in [2.75, 3.05) is 0 Å². The van der Waals surface area contributed by atoms with Crippen molar-refractivity contribution < 1.29 is 22.4 Å². The maximum absolute atomic E-state index is 13.7. The SMILES string of the molecule is Cc1ccc(S(=O)(=O)N[C@@H](Cc2c[nH]c3ccccc23)C(=O)Oc2ccc3c4c(c(=O)oc3c2C)CCCC4)cc1. The van der Waals surface area contributed by atoms with Crippen molar-refractivity contribution in [1.82, 2.24) is 9.71 Å². The van der Waals surface area contributed by atoms with E-state index < -0.39 is 22.0 Å². The number of ether oxygens (including phenoxy) is 1. The van der Waals surface area contributed by atoms with E-state index in [1.165, 1.54) is 12.1 Å². The normalized spacial score (nSPS) is 14.2. The number of aromatic amines is 1. The van der Waals surface area contributed by atoms with E-state index in [9.17, 15) is 18.0 Å². The number of benzene rings is 3. The van der Waals surface area contributed by atoms with E-state index in [0.717, 1.165) is 57.8 Å². The molecule has 0 fully saturated rings. The molecule has 3 aromatic carbocycles. The highest BCUT2D eigenvalue weighted by molar-refractivity contribution is 7.89. The van der Waals surface area contributed by atoms with Crippen molar-refractivity contribution >= 4 is 37.9 Å². The minimum atomic E-state index is -4.05. The van der Waals surface area contributed by atoms with Gasteiger partial charge in [-0.15, -0.1) is 0 Å². The Kier molecular flexibility index (Phi) is 7.01. The lowest BCUT2D eigenvalue weighted by atomic mass is 9.90. The highest BCUT2D eigenvalue weighted by Crippen LogP contribution is 2.33. The summed E-state index contributed by atoms with van der Waals surface area (Å²) in [5.41, 5.74) is 4.80. The number of para-hydroxylation sites is 1. The summed E-state index contributed by atoms with van der Waals surface area (Å²) in [4.78, 5) is 29.6. The lowest BCUT2D eigenvalue weighted by Crippen LogP contribution is -2.44. The van der Waals surface area contributed by atoms with Gasteiger partial charge in [-0.25, -0.2) is 18.0 Å². The number of hydrogen-bond donors (Lipinski definition) is 2. The van der Waals surface area contributed by atoms with Crippen LogP contribution in [0.3, 0.4) is 0 Å². The Bertz CT molecular complexity index is 1950. The number of rotatable bonds is 7. The topological polar surface area (TPSA) is 118 Å².